The smallest absolute Gasteiger partial charge is 0.0870 e. The van der Waals surface area contributed by atoms with Crippen molar-refractivity contribution in [2.45, 2.75) is 19.8 Å². The zero-order valence-corrected chi connectivity index (χ0v) is 9.32. The second-order valence-electron chi connectivity index (χ2n) is 3.26. The number of hydrogen-bond donors (Lipinski definition) is 1. The lowest BCUT2D eigenvalue weighted by molar-refractivity contribution is 0.323. The van der Waals surface area contributed by atoms with Crippen LogP contribution in [0.3, 0.4) is 0 Å². The molecule has 0 aliphatic carbocycles. The van der Waals surface area contributed by atoms with Crippen LogP contribution in [0.5, 0.6) is 0 Å². The Bertz CT molecular complexity index is 229. The van der Waals surface area contributed by atoms with Crippen LogP contribution in [0.15, 0.2) is 29.0 Å². The third-order valence-electron chi connectivity index (χ3n) is 1.99. The fourth-order valence-corrected chi connectivity index (χ4v) is 0.874. The van der Waals surface area contributed by atoms with E-state index in [2.05, 4.69) is 11.6 Å². The number of rotatable bonds is 6. The molecule has 0 radical (unpaired) electrons. The van der Waals surface area contributed by atoms with Gasteiger partial charge < -0.3 is 10.0 Å². The molecule has 0 aromatic carbocycles. The number of unbranched alkanes of at least 4 members (excludes halogenated alkanes) is 1. The van der Waals surface area contributed by atoms with Crippen molar-refractivity contribution >= 4 is 6.21 Å². The van der Waals surface area contributed by atoms with Crippen LogP contribution in [0.4, 0.5) is 0 Å². The largest absolute Gasteiger partial charge is 0.390 e. The summed E-state index contributed by atoms with van der Waals surface area (Å²) in [5.74, 6) is 0. The molecule has 0 spiro atoms. The normalized spacial score (nSPS) is 12.9. The summed E-state index contributed by atoms with van der Waals surface area (Å²) in [5, 5.41) is 9.08. The number of hydrogen-bond acceptors (Lipinski definition) is 3. The summed E-state index contributed by atoms with van der Waals surface area (Å²) in [7, 11) is 3.87. The van der Waals surface area contributed by atoms with Gasteiger partial charge in [-0.15, -0.1) is 6.58 Å². The van der Waals surface area contributed by atoms with E-state index >= 15 is 0 Å². The molecule has 1 N–H and O–H groups in total. The molecule has 80 valence electrons. The molecule has 0 amide bonds. The highest BCUT2D eigenvalue weighted by Gasteiger charge is 2.00. The van der Waals surface area contributed by atoms with Gasteiger partial charge in [-0.1, -0.05) is 6.08 Å². The van der Waals surface area contributed by atoms with Crippen LogP contribution in [-0.4, -0.2) is 36.9 Å². The molecule has 0 atom stereocenters. The summed E-state index contributed by atoms with van der Waals surface area (Å²) in [4.78, 5) is 6.16. The highest BCUT2D eigenvalue weighted by Crippen LogP contribution is 2.06. The van der Waals surface area contributed by atoms with E-state index in [0.717, 1.165) is 24.2 Å². The van der Waals surface area contributed by atoms with Gasteiger partial charge in [0.1, 0.15) is 0 Å². The van der Waals surface area contributed by atoms with Gasteiger partial charge in [-0.25, -0.2) is 0 Å². The maximum atomic E-state index is 9.08. The van der Waals surface area contributed by atoms with Gasteiger partial charge in [0.2, 0.25) is 0 Å². The Morgan fingerprint density at radius 1 is 1.43 bits per heavy atom. The van der Waals surface area contributed by atoms with Crippen LogP contribution in [-0.2, 0) is 0 Å². The van der Waals surface area contributed by atoms with E-state index < -0.39 is 0 Å². The van der Waals surface area contributed by atoms with Crippen LogP contribution >= 0.6 is 0 Å². The minimum absolute atomic E-state index is 0.0192. The van der Waals surface area contributed by atoms with Gasteiger partial charge >= 0.3 is 0 Å². The molecule has 0 fully saturated rings. The summed E-state index contributed by atoms with van der Waals surface area (Å²) in [6, 6.07) is 0. The van der Waals surface area contributed by atoms with Crippen molar-refractivity contribution in [3.63, 3.8) is 0 Å². The van der Waals surface area contributed by atoms with Crippen molar-refractivity contribution in [1.82, 2.24) is 4.90 Å². The van der Waals surface area contributed by atoms with Gasteiger partial charge in [-0.05, 0) is 19.8 Å². The monoisotopic (exact) mass is 196 g/mol. The molecule has 0 aliphatic heterocycles. The van der Waals surface area contributed by atoms with E-state index in [9.17, 15) is 0 Å². The molecular formula is C11H20N2O. The predicted molar refractivity (Wildman–Crippen MR) is 61.4 cm³/mol. The van der Waals surface area contributed by atoms with Crippen molar-refractivity contribution in [1.29, 1.82) is 0 Å². The molecule has 0 unspecified atom stereocenters. The van der Waals surface area contributed by atoms with E-state index in [1.807, 2.05) is 38.2 Å². The van der Waals surface area contributed by atoms with E-state index in [1.165, 1.54) is 0 Å². The molecule has 0 bridgehead atoms. The molecule has 14 heavy (non-hydrogen) atoms. The van der Waals surface area contributed by atoms with Gasteiger partial charge in [-0.3, -0.25) is 4.99 Å². The van der Waals surface area contributed by atoms with E-state index in [4.69, 9.17) is 5.11 Å². The summed E-state index contributed by atoms with van der Waals surface area (Å²) in [5.41, 5.74) is 1.71. The maximum Gasteiger partial charge on any atom is 0.0870 e. The van der Waals surface area contributed by atoms with Crippen LogP contribution in [0.2, 0.25) is 0 Å². The summed E-state index contributed by atoms with van der Waals surface area (Å²) < 4.78 is 0. The Morgan fingerprint density at radius 2 is 2.07 bits per heavy atom. The first kappa shape index (κ1) is 12.9. The topological polar surface area (TPSA) is 35.8 Å². The van der Waals surface area contributed by atoms with Crippen molar-refractivity contribution in [3.05, 3.63) is 24.0 Å². The van der Waals surface area contributed by atoms with Crippen LogP contribution in [0.1, 0.15) is 19.8 Å². The zero-order valence-electron chi connectivity index (χ0n) is 9.32. The first-order valence-electron chi connectivity index (χ1n) is 4.74. The maximum absolute atomic E-state index is 9.08. The van der Waals surface area contributed by atoms with Crippen molar-refractivity contribution < 1.29 is 5.11 Å². The van der Waals surface area contributed by atoms with Crippen molar-refractivity contribution in [2.24, 2.45) is 4.99 Å². The molecule has 3 nitrogen and oxygen atoms in total. The number of aliphatic hydroxyl groups is 1. The Labute approximate surface area is 86.5 Å². The predicted octanol–water partition coefficient (Wildman–Crippen LogP) is 1.81. The fourth-order valence-electron chi connectivity index (χ4n) is 0.874. The fraction of sp³-hybridized carbons (Fsp3) is 0.545. The van der Waals surface area contributed by atoms with Crippen molar-refractivity contribution in [3.8, 4) is 0 Å². The Hall–Kier alpha value is -1.09. The summed E-state index contributed by atoms with van der Waals surface area (Å²) in [6.45, 7) is 5.55. The molecule has 0 saturated heterocycles. The first-order chi connectivity index (χ1) is 6.63. The standard InChI is InChI=1S/C11H20N2O/c1-5-6-7-8-12-11(9-14)10(2)13(3)4/h5,8,14H,1,6-7,9H2,2-4H3/b11-10+,12-8-. The second-order valence-corrected chi connectivity index (χ2v) is 3.26. The lowest BCUT2D eigenvalue weighted by Gasteiger charge is -2.14. The van der Waals surface area contributed by atoms with E-state index in [-0.39, 0.29) is 6.61 Å². The molecule has 0 heterocycles. The molecule has 0 aromatic rings. The summed E-state index contributed by atoms with van der Waals surface area (Å²) in [6.07, 6.45) is 5.46. The molecule has 0 saturated carbocycles. The number of aliphatic imine (C=N–C) groups is 1. The van der Waals surface area contributed by atoms with Gasteiger partial charge in [0.05, 0.1) is 12.3 Å². The van der Waals surface area contributed by atoms with Crippen LogP contribution in [0, 0.1) is 0 Å². The third kappa shape index (κ3) is 4.82. The highest BCUT2D eigenvalue weighted by molar-refractivity contribution is 5.59. The number of aliphatic hydroxyl groups excluding tert-OH is 1. The van der Waals surface area contributed by atoms with Gasteiger partial charge in [0.15, 0.2) is 0 Å². The number of allylic oxidation sites excluding steroid dienone is 2. The van der Waals surface area contributed by atoms with Gasteiger partial charge in [0, 0.05) is 26.0 Å². The van der Waals surface area contributed by atoms with Gasteiger partial charge in [0.25, 0.3) is 0 Å². The average molecular weight is 196 g/mol. The van der Waals surface area contributed by atoms with E-state index in [1.54, 1.807) is 0 Å². The minimum atomic E-state index is -0.0192. The number of nitrogens with zero attached hydrogens (tertiary/aromatic N) is 2. The minimum Gasteiger partial charge on any atom is -0.390 e. The van der Waals surface area contributed by atoms with Crippen molar-refractivity contribution in [2.75, 3.05) is 20.7 Å². The Morgan fingerprint density at radius 3 is 2.50 bits per heavy atom. The average Bonchev–Trinajstić information content (AvgIpc) is 2.17. The molecule has 0 rings (SSSR count). The lowest BCUT2D eigenvalue weighted by Crippen LogP contribution is -2.11. The third-order valence-corrected chi connectivity index (χ3v) is 1.99. The van der Waals surface area contributed by atoms with Crippen LogP contribution in [0.25, 0.3) is 0 Å². The van der Waals surface area contributed by atoms with E-state index in [0.29, 0.717) is 0 Å². The molecule has 0 aromatic heterocycles. The SMILES string of the molecule is C=CCC/C=N\C(CO)=C(/C)N(C)C. The molecule has 0 aliphatic rings. The zero-order chi connectivity index (χ0) is 11.0. The Kier molecular flexibility index (Phi) is 6.76. The van der Waals surface area contributed by atoms with Crippen LogP contribution < -0.4 is 0 Å². The molecule has 3 heteroatoms. The Balaban J connectivity index is 4.34. The lowest BCUT2D eigenvalue weighted by atomic mass is 10.3. The first-order valence-corrected chi connectivity index (χ1v) is 4.74. The quantitative estimate of drug-likeness (QED) is 0.399. The molecular weight excluding hydrogens is 176 g/mol. The second kappa shape index (κ2) is 7.33. The van der Waals surface area contributed by atoms with Gasteiger partial charge in [-0.2, -0.15) is 0 Å². The summed E-state index contributed by atoms with van der Waals surface area (Å²) >= 11 is 0. The highest BCUT2D eigenvalue weighted by atomic mass is 16.3.